The van der Waals surface area contributed by atoms with Gasteiger partial charge in [0.05, 0.1) is 32.9 Å². The molecule has 0 aliphatic heterocycles. The van der Waals surface area contributed by atoms with E-state index in [0.717, 1.165) is 27.7 Å². The molecule has 1 unspecified atom stereocenters. The van der Waals surface area contributed by atoms with E-state index >= 15 is 0 Å². The quantitative estimate of drug-likeness (QED) is 0.632. The summed E-state index contributed by atoms with van der Waals surface area (Å²) in [5.74, 6) is 7.99. The van der Waals surface area contributed by atoms with Crippen molar-refractivity contribution in [3.8, 4) is 17.2 Å². The summed E-state index contributed by atoms with van der Waals surface area (Å²) in [6.45, 7) is 0. The lowest BCUT2D eigenvalue weighted by atomic mass is 10.0. The second kappa shape index (κ2) is 6.60. The van der Waals surface area contributed by atoms with Gasteiger partial charge in [0.2, 0.25) is 0 Å². The van der Waals surface area contributed by atoms with Crippen molar-refractivity contribution in [1.29, 1.82) is 0 Å². The number of hydrogen-bond donors (Lipinski definition) is 2. The number of methoxy groups -OCH3 is 3. The molecule has 1 aromatic carbocycles. The fourth-order valence-corrected chi connectivity index (χ4v) is 2.99. The van der Waals surface area contributed by atoms with Gasteiger partial charge in [-0.15, -0.1) is 11.3 Å². The van der Waals surface area contributed by atoms with E-state index < -0.39 is 0 Å². The van der Waals surface area contributed by atoms with Crippen LogP contribution < -0.4 is 25.5 Å². The number of ether oxygens (including phenoxy) is 3. The summed E-state index contributed by atoms with van der Waals surface area (Å²) < 4.78 is 16.1. The van der Waals surface area contributed by atoms with Crippen LogP contribution in [0.2, 0.25) is 0 Å². The van der Waals surface area contributed by atoms with Crippen molar-refractivity contribution in [3.05, 3.63) is 40.1 Å². The van der Waals surface area contributed by atoms with Crippen LogP contribution in [0.3, 0.4) is 0 Å². The lowest BCUT2D eigenvalue weighted by molar-refractivity contribution is 0.377. The van der Waals surface area contributed by atoms with E-state index in [-0.39, 0.29) is 6.04 Å². The van der Waals surface area contributed by atoms with E-state index in [1.165, 1.54) is 0 Å². The summed E-state index contributed by atoms with van der Waals surface area (Å²) >= 11 is 1.56. The molecule has 3 N–H and O–H groups in total. The number of rotatable bonds is 6. The number of benzene rings is 1. The Kier molecular flexibility index (Phi) is 4.84. The fraction of sp³-hybridized carbons (Fsp3) is 0.286. The lowest BCUT2D eigenvalue weighted by Crippen LogP contribution is -2.29. The molecule has 6 heteroatoms. The average Bonchev–Trinajstić information content (AvgIpc) is 2.97. The molecule has 5 nitrogen and oxygen atoms in total. The molecule has 0 aliphatic carbocycles. The lowest BCUT2D eigenvalue weighted by Gasteiger charge is -2.20. The third-order valence-electron chi connectivity index (χ3n) is 3.04. The Balaban J connectivity index is 2.50. The fourth-order valence-electron chi connectivity index (χ4n) is 2.06. The van der Waals surface area contributed by atoms with Gasteiger partial charge in [-0.2, -0.15) is 0 Å². The van der Waals surface area contributed by atoms with Crippen molar-refractivity contribution in [2.45, 2.75) is 6.04 Å². The normalized spacial score (nSPS) is 12.0. The van der Waals surface area contributed by atoms with Crippen LogP contribution in [0.1, 0.15) is 16.5 Å². The van der Waals surface area contributed by atoms with Gasteiger partial charge < -0.3 is 14.2 Å². The smallest absolute Gasteiger partial charge is 0.129 e. The monoisotopic (exact) mass is 294 g/mol. The van der Waals surface area contributed by atoms with Gasteiger partial charge >= 0.3 is 0 Å². The molecule has 0 saturated carbocycles. The Morgan fingerprint density at radius 3 is 2.20 bits per heavy atom. The molecule has 0 saturated heterocycles. The molecule has 108 valence electrons. The standard InChI is InChI=1S/C14H18N2O3S/c1-17-9-7-12(20-8-9)14(16-15)13-10(18-2)5-4-6-11(13)19-3/h4-8,14,16H,15H2,1-3H3. The summed E-state index contributed by atoms with van der Waals surface area (Å²) in [5.41, 5.74) is 3.68. The van der Waals surface area contributed by atoms with Crippen molar-refractivity contribution in [2.24, 2.45) is 5.84 Å². The summed E-state index contributed by atoms with van der Waals surface area (Å²) in [5, 5.41) is 1.93. The minimum Gasteiger partial charge on any atom is -0.496 e. The molecule has 0 bridgehead atoms. The van der Waals surface area contributed by atoms with Gasteiger partial charge in [-0.25, -0.2) is 5.43 Å². The maximum absolute atomic E-state index is 5.74. The van der Waals surface area contributed by atoms with E-state index in [4.69, 9.17) is 20.1 Å². The van der Waals surface area contributed by atoms with E-state index in [1.54, 1.807) is 32.7 Å². The predicted octanol–water partition coefficient (Wildman–Crippen LogP) is 2.33. The van der Waals surface area contributed by atoms with Crippen molar-refractivity contribution in [2.75, 3.05) is 21.3 Å². The Morgan fingerprint density at radius 2 is 1.75 bits per heavy atom. The maximum atomic E-state index is 5.74. The first-order chi connectivity index (χ1) is 9.74. The van der Waals surface area contributed by atoms with Gasteiger partial charge in [-0.05, 0) is 18.2 Å². The largest absolute Gasteiger partial charge is 0.496 e. The van der Waals surface area contributed by atoms with Crippen molar-refractivity contribution >= 4 is 11.3 Å². The van der Waals surface area contributed by atoms with Crippen molar-refractivity contribution in [3.63, 3.8) is 0 Å². The maximum Gasteiger partial charge on any atom is 0.129 e. The Morgan fingerprint density at radius 1 is 1.10 bits per heavy atom. The van der Waals surface area contributed by atoms with Gasteiger partial charge in [-0.1, -0.05) is 6.07 Å². The SMILES string of the molecule is COc1csc(C(NN)c2c(OC)cccc2OC)c1. The van der Waals surface area contributed by atoms with Crippen LogP contribution in [0.4, 0.5) is 0 Å². The first kappa shape index (κ1) is 14.6. The molecule has 2 rings (SSSR count). The zero-order valence-electron chi connectivity index (χ0n) is 11.7. The highest BCUT2D eigenvalue weighted by atomic mass is 32.1. The summed E-state index contributed by atoms with van der Waals surface area (Å²) in [4.78, 5) is 1.02. The van der Waals surface area contributed by atoms with Crippen LogP contribution in [-0.2, 0) is 0 Å². The molecule has 1 atom stereocenters. The van der Waals surface area contributed by atoms with Crippen LogP contribution in [0, 0.1) is 0 Å². The number of hydrazine groups is 1. The third kappa shape index (κ3) is 2.72. The first-order valence-corrected chi connectivity index (χ1v) is 6.92. The highest BCUT2D eigenvalue weighted by Gasteiger charge is 2.23. The van der Waals surface area contributed by atoms with E-state index in [0.29, 0.717) is 0 Å². The zero-order chi connectivity index (χ0) is 14.5. The molecular formula is C14H18N2O3S. The first-order valence-electron chi connectivity index (χ1n) is 6.04. The zero-order valence-corrected chi connectivity index (χ0v) is 12.5. The second-order valence-corrected chi connectivity index (χ2v) is 5.01. The molecular weight excluding hydrogens is 276 g/mol. The Labute approximate surface area is 122 Å². The molecule has 2 aromatic rings. The predicted molar refractivity (Wildman–Crippen MR) is 79.6 cm³/mol. The Hall–Kier alpha value is -1.76. The second-order valence-electron chi connectivity index (χ2n) is 4.06. The molecule has 1 heterocycles. The third-order valence-corrected chi connectivity index (χ3v) is 4.01. The number of thiophene rings is 1. The van der Waals surface area contributed by atoms with Crippen LogP contribution in [0.25, 0.3) is 0 Å². The molecule has 1 aromatic heterocycles. The Bertz CT molecular complexity index is 549. The van der Waals surface area contributed by atoms with E-state index in [1.807, 2.05) is 29.6 Å². The highest BCUT2D eigenvalue weighted by Crippen LogP contribution is 2.39. The number of hydrogen-bond acceptors (Lipinski definition) is 6. The summed E-state index contributed by atoms with van der Waals surface area (Å²) in [6.07, 6.45) is 0. The molecule has 0 fully saturated rings. The van der Waals surface area contributed by atoms with Gasteiger partial charge in [0.15, 0.2) is 0 Å². The summed E-state index contributed by atoms with van der Waals surface area (Å²) in [7, 11) is 4.89. The van der Waals surface area contributed by atoms with Crippen LogP contribution in [0.15, 0.2) is 29.6 Å². The average molecular weight is 294 g/mol. The van der Waals surface area contributed by atoms with E-state index in [2.05, 4.69) is 5.43 Å². The van der Waals surface area contributed by atoms with Crippen molar-refractivity contribution < 1.29 is 14.2 Å². The minimum absolute atomic E-state index is 0.227. The molecule has 0 aliphatic rings. The topological polar surface area (TPSA) is 65.7 Å². The van der Waals surface area contributed by atoms with Crippen LogP contribution in [0.5, 0.6) is 17.2 Å². The van der Waals surface area contributed by atoms with Gasteiger partial charge in [-0.3, -0.25) is 5.84 Å². The van der Waals surface area contributed by atoms with Crippen molar-refractivity contribution in [1.82, 2.24) is 5.43 Å². The molecule has 0 radical (unpaired) electrons. The van der Waals surface area contributed by atoms with Gasteiger partial charge in [0.1, 0.15) is 17.2 Å². The molecule has 20 heavy (non-hydrogen) atoms. The highest BCUT2D eigenvalue weighted by molar-refractivity contribution is 7.10. The number of nitrogens with one attached hydrogen (secondary N) is 1. The number of nitrogens with two attached hydrogens (primary N) is 1. The molecule has 0 spiro atoms. The minimum atomic E-state index is -0.227. The van der Waals surface area contributed by atoms with Crippen LogP contribution >= 0.6 is 11.3 Å². The van der Waals surface area contributed by atoms with Gasteiger partial charge in [0.25, 0.3) is 0 Å². The van der Waals surface area contributed by atoms with Gasteiger partial charge in [0, 0.05) is 10.3 Å². The summed E-state index contributed by atoms with van der Waals surface area (Å²) in [6, 6.07) is 7.36. The van der Waals surface area contributed by atoms with E-state index in [9.17, 15) is 0 Å². The molecule has 0 amide bonds. The van der Waals surface area contributed by atoms with Crippen LogP contribution in [-0.4, -0.2) is 21.3 Å².